The van der Waals surface area contributed by atoms with Crippen LogP contribution in [0, 0.1) is 5.92 Å². The van der Waals surface area contributed by atoms with Gasteiger partial charge in [-0.25, -0.2) is 4.79 Å². The molecule has 124 valence electrons. The molecule has 0 spiro atoms. The summed E-state index contributed by atoms with van der Waals surface area (Å²) in [5.41, 5.74) is 1.07. The summed E-state index contributed by atoms with van der Waals surface area (Å²) in [6.07, 6.45) is 1.94. The van der Waals surface area contributed by atoms with Crippen molar-refractivity contribution in [3.63, 3.8) is 0 Å². The summed E-state index contributed by atoms with van der Waals surface area (Å²) in [5.74, 6) is 0.807. The van der Waals surface area contributed by atoms with Crippen LogP contribution in [0.4, 0.5) is 4.79 Å². The smallest absolute Gasteiger partial charge is 0.409 e. The number of cyclic esters (lactones) is 1. The Kier molecular flexibility index (Phi) is 5.00. The highest BCUT2D eigenvalue weighted by Crippen LogP contribution is 2.26. The monoisotopic (exact) mass is 318 g/mol. The molecule has 2 aliphatic rings. The van der Waals surface area contributed by atoms with Crippen molar-refractivity contribution in [3.8, 4) is 5.75 Å². The summed E-state index contributed by atoms with van der Waals surface area (Å²) in [5, 5.41) is 2.93. The van der Waals surface area contributed by atoms with Crippen LogP contribution in [0.15, 0.2) is 24.3 Å². The molecule has 2 aliphatic heterocycles. The third-order valence-corrected chi connectivity index (χ3v) is 4.27. The molecular formula is C17H22N2O4. The Morgan fingerprint density at radius 2 is 2.13 bits per heavy atom. The first-order valence-electron chi connectivity index (χ1n) is 8.14. The van der Waals surface area contributed by atoms with E-state index in [1.165, 1.54) is 0 Å². The molecule has 2 amide bonds. The van der Waals surface area contributed by atoms with Crippen molar-refractivity contribution in [1.82, 2.24) is 10.2 Å². The Morgan fingerprint density at radius 1 is 1.26 bits per heavy atom. The second-order valence-electron chi connectivity index (χ2n) is 5.89. The number of carbonyl (C=O) groups is 2. The van der Waals surface area contributed by atoms with E-state index in [4.69, 9.17) is 9.47 Å². The number of ether oxygens (including phenoxy) is 2. The Morgan fingerprint density at radius 3 is 3.00 bits per heavy atom. The predicted molar refractivity (Wildman–Crippen MR) is 84.3 cm³/mol. The average Bonchev–Trinajstić information content (AvgIpc) is 2.79. The fourth-order valence-electron chi connectivity index (χ4n) is 2.97. The molecule has 0 bridgehead atoms. The molecule has 0 aromatic heterocycles. The zero-order chi connectivity index (χ0) is 16.1. The zero-order valence-electron chi connectivity index (χ0n) is 13.1. The molecule has 1 atom stereocenters. The molecule has 1 N–H and O–H groups in total. The van der Waals surface area contributed by atoms with Gasteiger partial charge in [0.1, 0.15) is 5.75 Å². The summed E-state index contributed by atoms with van der Waals surface area (Å²) < 4.78 is 10.7. The van der Waals surface area contributed by atoms with Gasteiger partial charge in [0.15, 0.2) is 0 Å². The molecule has 6 nitrogen and oxygen atoms in total. The van der Waals surface area contributed by atoms with Crippen molar-refractivity contribution in [3.05, 3.63) is 29.8 Å². The van der Waals surface area contributed by atoms with Gasteiger partial charge < -0.3 is 19.7 Å². The number of rotatable bonds is 4. The number of benzene rings is 1. The first-order valence-corrected chi connectivity index (χ1v) is 8.14. The van der Waals surface area contributed by atoms with E-state index in [0.29, 0.717) is 45.7 Å². The molecule has 0 saturated carbocycles. The van der Waals surface area contributed by atoms with Crippen molar-refractivity contribution in [2.24, 2.45) is 5.92 Å². The molecule has 1 unspecified atom stereocenters. The first kappa shape index (κ1) is 15.6. The molecule has 23 heavy (non-hydrogen) atoms. The van der Waals surface area contributed by atoms with Gasteiger partial charge in [0, 0.05) is 25.6 Å². The third kappa shape index (κ3) is 3.94. The quantitative estimate of drug-likeness (QED) is 0.915. The Bertz CT molecular complexity index is 575. The molecular weight excluding hydrogens is 296 g/mol. The minimum atomic E-state index is -0.290. The highest BCUT2D eigenvalue weighted by Gasteiger charge is 2.24. The van der Waals surface area contributed by atoms with Crippen molar-refractivity contribution in [2.45, 2.75) is 19.3 Å². The molecule has 6 heteroatoms. The Hall–Kier alpha value is -2.24. The lowest BCUT2D eigenvalue weighted by molar-refractivity contribution is -0.125. The summed E-state index contributed by atoms with van der Waals surface area (Å²) in [6.45, 7) is 2.67. The normalized spacial score (nSPS) is 20.8. The molecule has 3 rings (SSSR count). The molecule has 1 aromatic rings. The van der Waals surface area contributed by atoms with E-state index in [-0.39, 0.29) is 17.9 Å². The Balaban J connectivity index is 1.49. The number of nitrogens with zero attached hydrogens (tertiary/aromatic N) is 1. The maximum atomic E-state index is 12.4. The van der Waals surface area contributed by atoms with E-state index in [0.717, 1.165) is 17.7 Å². The third-order valence-electron chi connectivity index (χ3n) is 4.27. The molecule has 0 aliphatic carbocycles. The van der Waals surface area contributed by atoms with E-state index in [1.54, 1.807) is 4.90 Å². The second kappa shape index (κ2) is 7.35. The van der Waals surface area contributed by atoms with E-state index >= 15 is 0 Å². The topological polar surface area (TPSA) is 67.9 Å². The SMILES string of the molecule is O=C(NCCN1CCCOC1=O)C1CCOc2ccccc2C1. The fourth-order valence-corrected chi connectivity index (χ4v) is 2.97. The molecule has 1 aromatic carbocycles. The zero-order valence-corrected chi connectivity index (χ0v) is 13.1. The number of para-hydroxylation sites is 1. The lowest BCUT2D eigenvalue weighted by atomic mass is 9.96. The number of hydrogen-bond donors (Lipinski definition) is 1. The fraction of sp³-hybridized carbons (Fsp3) is 0.529. The number of hydrogen-bond acceptors (Lipinski definition) is 4. The maximum Gasteiger partial charge on any atom is 0.409 e. The second-order valence-corrected chi connectivity index (χ2v) is 5.89. The van der Waals surface area contributed by atoms with Crippen molar-refractivity contribution >= 4 is 12.0 Å². The van der Waals surface area contributed by atoms with Gasteiger partial charge in [0.25, 0.3) is 0 Å². The highest BCUT2D eigenvalue weighted by molar-refractivity contribution is 5.79. The average molecular weight is 318 g/mol. The predicted octanol–water partition coefficient (Wildman–Crippen LogP) is 1.59. The van der Waals surface area contributed by atoms with Crippen LogP contribution in [-0.2, 0) is 16.0 Å². The van der Waals surface area contributed by atoms with Gasteiger partial charge in [0.2, 0.25) is 5.91 Å². The molecule has 2 heterocycles. The maximum absolute atomic E-state index is 12.4. The minimum absolute atomic E-state index is 0.0238. The number of nitrogens with one attached hydrogen (secondary N) is 1. The van der Waals surface area contributed by atoms with Crippen LogP contribution in [0.1, 0.15) is 18.4 Å². The van der Waals surface area contributed by atoms with E-state index in [9.17, 15) is 9.59 Å². The number of amides is 2. The van der Waals surface area contributed by atoms with Crippen molar-refractivity contribution < 1.29 is 19.1 Å². The van der Waals surface area contributed by atoms with Crippen molar-refractivity contribution in [2.75, 3.05) is 32.8 Å². The van der Waals surface area contributed by atoms with E-state index < -0.39 is 0 Å². The summed E-state index contributed by atoms with van der Waals surface area (Å²) in [4.78, 5) is 25.5. The number of carbonyl (C=O) groups excluding carboxylic acids is 2. The highest BCUT2D eigenvalue weighted by atomic mass is 16.6. The summed E-state index contributed by atoms with van der Waals surface area (Å²) in [7, 11) is 0. The van der Waals surface area contributed by atoms with Gasteiger partial charge in [0.05, 0.1) is 13.2 Å². The van der Waals surface area contributed by atoms with Gasteiger partial charge in [-0.3, -0.25) is 4.79 Å². The van der Waals surface area contributed by atoms with Crippen LogP contribution < -0.4 is 10.1 Å². The van der Waals surface area contributed by atoms with Crippen LogP contribution >= 0.6 is 0 Å². The standard InChI is InChI=1S/C17H22N2O4/c20-16(18-7-9-19-8-3-10-23-17(19)21)14-6-11-22-15-5-2-1-4-13(15)12-14/h1-2,4-5,14H,3,6-12H2,(H,18,20). The van der Waals surface area contributed by atoms with Gasteiger partial charge in [-0.1, -0.05) is 18.2 Å². The lowest BCUT2D eigenvalue weighted by Crippen LogP contribution is -2.43. The largest absolute Gasteiger partial charge is 0.493 e. The van der Waals surface area contributed by atoms with Crippen LogP contribution in [0.25, 0.3) is 0 Å². The molecule has 1 saturated heterocycles. The van der Waals surface area contributed by atoms with Crippen LogP contribution in [-0.4, -0.2) is 49.7 Å². The minimum Gasteiger partial charge on any atom is -0.493 e. The molecule has 0 radical (unpaired) electrons. The van der Waals surface area contributed by atoms with Crippen LogP contribution in [0.2, 0.25) is 0 Å². The van der Waals surface area contributed by atoms with E-state index in [1.807, 2.05) is 24.3 Å². The van der Waals surface area contributed by atoms with Gasteiger partial charge >= 0.3 is 6.09 Å². The van der Waals surface area contributed by atoms with Gasteiger partial charge in [-0.05, 0) is 30.9 Å². The lowest BCUT2D eigenvalue weighted by Gasteiger charge is -2.26. The number of fused-ring (bicyclic) bond motifs is 1. The molecule has 1 fully saturated rings. The van der Waals surface area contributed by atoms with Gasteiger partial charge in [-0.15, -0.1) is 0 Å². The summed E-state index contributed by atoms with van der Waals surface area (Å²) in [6, 6.07) is 7.85. The van der Waals surface area contributed by atoms with Gasteiger partial charge in [-0.2, -0.15) is 0 Å². The van der Waals surface area contributed by atoms with Crippen LogP contribution in [0.3, 0.4) is 0 Å². The van der Waals surface area contributed by atoms with Crippen molar-refractivity contribution in [1.29, 1.82) is 0 Å². The summed E-state index contributed by atoms with van der Waals surface area (Å²) >= 11 is 0. The van der Waals surface area contributed by atoms with Crippen LogP contribution in [0.5, 0.6) is 5.75 Å². The Labute approximate surface area is 135 Å². The van der Waals surface area contributed by atoms with E-state index in [2.05, 4.69) is 5.32 Å². The first-order chi connectivity index (χ1) is 11.2.